The molecule has 1 atom stereocenters. The molecule has 0 bridgehead atoms. The van der Waals surface area contributed by atoms with E-state index < -0.39 is 0 Å². The second-order valence-corrected chi connectivity index (χ2v) is 8.24. The Labute approximate surface area is 207 Å². The van der Waals surface area contributed by atoms with Crippen LogP contribution in [0.1, 0.15) is 23.9 Å². The molecule has 0 spiro atoms. The fraction of sp³-hybridized carbons (Fsp3) is 0.591. The molecule has 2 aliphatic rings. The zero-order valence-electron chi connectivity index (χ0n) is 19.2. The Hall–Kier alpha value is -1.92. The lowest BCUT2D eigenvalue weighted by atomic mass is 10.2. The molecular weight excluding hydrogens is 521 g/mol. The molecule has 0 aliphatic carbocycles. The number of rotatable bonds is 5. The summed E-state index contributed by atoms with van der Waals surface area (Å²) in [4.78, 5) is 16.1. The van der Waals surface area contributed by atoms with Crippen LogP contribution in [0.15, 0.2) is 33.9 Å². The minimum Gasteiger partial charge on any atom is -0.375 e. The molecule has 2 fully saturated rings. The maximum Gasteiger partial charge on any atom is 0.194 e. The number of hydrogen-bond acceptors (Lipinski definition) is 7. The lowest BCUT2D eigenvalue weighted by Crippen LogP contribution is -2.52. The molecule has 0 amide bonds. The van der Waals surface area contributed by atoms with Gasteiger partial charge in [0.05, 0.1) is 18.4 Å². The predicted octanol–water partition coefficient (Wildman–Crippen LogP) is 2.11. The van der Waals surface area contributed by atoms with Crippen LogP contribution >= 0.6 is 24.0 Å². The third kappa shape index (κ3) is 6.55. The van der Waals surface area contributed by atoms with Gasteiger partial charge in [-0.15, -0.1) is 24.0 Å². The van der Waals surface area contributed by atoms with Crippen LogP contribution < -0.4 is 10.2 Å². The van der Waals surface area contributed by atoms with Crippen LogP contribution in [0, 0.1) is 6.92 Å². The molecule has 4 rings (SSSR count). The predicted molar refractivity (Wildman–Crippen MR) is 136 cm³/mol. The maximum absolute atomic E-state index is 5.65. The van der Waals surface area contributed by atoms with Gasteiger partial charge in [-0.1, -0.05) is 5.16 Å². The number of halogens is 1. The molecule has 10 heteroatoms. The highest BCUT2D eigenvalue weighted by atomic mass is 127. The third-order valence-electron chi connectivity index (χ3n) is 5.77. The van der Waals surface area contributed by atoms with E-state index in [1.807, 2.05) is 26.2 Å². The van der Waals surface area contributed by atoms with Gasteiger partial charge in [-0.25, -0.2) is 4.98 Å². The number of guanidine groups is 1. The summed E-state index contributed by atoms with van der Waals surface area (Å²) < 4.78 is 10.8. The van der Waals surface area contributed by atoms with Crippen molar-refractivity contribution in [2.24, 2.45) is 4.99 Å². The van der Waals surface area contributed by atoms with Gasteiger partial charge in [-0.3, -0.25) is 9.89 Å². The summed E-state index contributed by atoms with van der Waals surface area (Å²) in [5.41, 5.74) is 2.20. The van der Waals surface area contributed by atoms with Crippen molar-refractivity contribution in [1.29, 1.82) is 0 Å². The molecule has 2 saturated heterocycles. The fourth-order valence-electron chi connectivity index (χ4n) is 4.12. The zero-order chi connectivity index (χ0) is 21.6. The topological polar surface area (TPSA) is 82.3 Å². The molecular formula is C22H34IN7O2. The lowest BCUT2D eigenvalue weighted by Gasteiger charge is -2.36. The molecule has 1 N–H and O–H groups in total. The van der Waals surface area contributed by atoms with E-state index in [1.165, 1.54) is 5.56 Å². The Morgan fingerprint density at radius 2 is 2.03 bits per heavy atom. The SMILES string of the molecule is CN=C(NCc1ccnc(N2CCOC(C)C2)c1)N1CCN(Cc2cc(C)on2)CC1.I. The van der Waals surface area contributed by atoms with Gasteiger partial charge in [0.1, 0.15) is 11.6 Å². The van der Waals surface area contributed by atoms with Gasteiger partial charge in [-0.05, 0) is 31.5 Å². The number of nitrogens with zero attached hydrogens (tertiary/aromatic N) is 6. The summed E-state index contributed by atoms with van der Waals surface area (Å²) in [6.07, 6.45) is 2.13. The summed E-state index contributed by atoms with van der Waals surface area (Å²) in [5, 5.41) is 7.63. The quantitative estimate of drug-likeness (QED) is 0.342. The van der Waals surface area contributed by atoms with Crippen LogP contribution in [0.2, 0.25) is 0 Å². The average molecular weight is 555 g/mol. The summed E-state index contributed by atoms with van der Waals surface area (Å²) in [7, 11) is 1.85. The molecule has 2 aliphatic heterocycles. The second kappa shape index (κ2) is 11.8. The highest BCUT2D eigenvalue weighted by Crippen LogP contribution is 2.16. The van der Waals surface area contributed by atoms with Crippen LogP contribution in [0.5, 0.6) is 0 Å². The summed E-state index contributed by atoms with van der Waals surface area (Å²) in [6, 6.07) is 6.23. The molecule has 0 aromatic carbocycles. The van der Waals surface area contributed by atoms with E-state index in [0.717, 1.165) is 82.2 Å². The van der Waals surface area contributed by atoms with Gasteiger partial charge in [0.25, 0.3) is 0 Å². The normalized spacial score (nSPS) is 20.2. The number of aryl methyl sites for hydroxylation is 1. The first kappa shape index (κ1) is 24.7. The minimum atomic E-state index is 0. The highest BCUT2D eigenvalue weighted by molar-refractivity contribution is 14.0. The van der Waals surface area contributed by atoms with Gasteiger partial charge in [0.15, 0.2) is 5.96 Å². The fourth-order valence-corrected chi connectivity index (χ4v) is 4.12. The molecule has 1 unspecified atom stereocenters. The van der Waals surface area contributed by atoms with Crippen molar-refractivity contribution in [2.45, 2.75) is 33.0 Å². The first-order valence-corrected chi connectivity index (χ1v) is 11.0. The summed E-state index contributed by atoms with van der Waals surface area (Å²) >= 11 is 0. The van der Waals surface area contributed by atoms with E-state index in [0.29, 0.717) is 0 Å². The van der Waals surface area contributed by atoms with Gasteiger partial charge in [0, 0.05) is 71.7 Å². The van der Waals surface area contributed by atoms with Gasteiger partial charge in [0.2, 0.25) is 0 Å². The van der Waals surface area contributed by atoms with Crippen molar-refractivity contribution in [2.75, 3.05) is 57.8 Å². The molecule has 32 heavy (non-hydrogen) atoms. The Morgan fingerprint density at radius 3 is 2.72 bits per heavy atom. The standard InChI is InChI=1S/C22H33N7O2.HI/c1-17-12-20(26-31-17)16-27-6-8-28(9-7-27)22(23-3)25-14-19-4-5-24-21(13-19)29-10-11-30-18(2)15-29;/h4-5,12-13,18H,6-11,14-16H2,1-3H3,(H,23,25);1H. The highest BCUT2D eigenvalue weighted by Gasteiger charge is 2.21. The van der Waals surface area contributed by atoms with Crippen molar-refractivity contribution >= 4 is 35.8 Å². The minimum absolute atomic E-state index is 0. The van der Waals surface area contributed by atoms with E-state index in [4.69, 9.17) is 9.26 Å². The van der Waals surface area contributed by atoms with Crippen molar-refractivity contribution in [3.05, 3.63) is 41.4 Å². The largest absolute Gasteiger partial charge is 0.375 e. The molecule has 2 aromatic rings. The Balaban J connectivity index is 0.00000289. The number of anilines is 1. The number of aliphatic imine (C=N–C) groups is 1. The van der Waals surface area contributed by atoms with Crippen LogP contribution in [0.25, 0.3) is 0 Å². The first-order valence-electron chi connectivity index (χ1n) is 11.0. The Bertz CT molecular complexity index is 883. The maximum atomic E-state index is 5.65. The number of aromatic nitrogens is 2. The number of piperazine rings is 1. The molecule has 2 aromatic heterocycles. The monoisotopic (exact) mass is 555 g/mol. The first-order chi connectivity index (χ1) is 15.1. The van der Waals surface area contributed by atoms with Crippen LogP contribution in [0.3, 0.4) is 0 Å². The molecule has 176 valence electrons. The summed E-state index contributed by atoms with van der Waals surface area (Å²) in [5.74, 6) is 2.82. The third-order valence-corrected chi connectivity index (χ3v) is 5.77. The van der Waals surface area contributed by atoms with Crippen LogP contribution in [-0.4, -0.2) is 84.9 Å². The number of nitrogens with one attached hydrogen (secondary N) is 1. The van der Waals surface area contributed by atoms with Gasteiger partial charge in [-0.2, -0.15) is 0 Å². The summed E-state index contributed by atoms with van der Waals surface area (Å²) in [6.45, 7) is 11.9. The molecule has 0 radical (unpaired) electrons. The van der Waals surface area contributed by atoms with E-state index in [1.54, 1.807) is 0 Å². The van der Waals surface area contributed by atoms with Crippen LogP contribution in [-0.2, 0) is 17.8 Å². The van der Waals surface area contributed by atoms with Crippen molar-refractivity contribution < 1.29 is 9.26 Å². The average Bonchev–Trinajstić information content (AvgIpc) is 3.20. The van der Waals surface area contributed by atoms with Crippen LogP contribution in [0.4, 0.5) is 5.82 Å². The van der Waals surface area contributed by atoms with Crippen molar-refractivity contribution in [1.82, 2.24) is 25.3 Å². The lowest BCUT2D eigenvalue weighted by molar-refractivity contribution is 0.0529. The van der Waals surface area contributed by atoms with E-state index in [-0.39, 0.29) is 30.1 Å². The second-order valence-electron chi connectivity index (χ2n) is 8.24. The number of ether oxygens (including phenoxy) is 1. The molecule has 9 nitrogen and oxygen atoms in total. The van der Waals surface area contributed by atoms with E-state index in [2.05, 4.69) is 54.2 Å². The number of morpholine rings is 1. The molecule has 4 heterocycles. The van der Waals surface area contributed by atoms with Gasteiger partial charge < -0.3 is 24.4 Å². The number of hydrogen-bond donors (Lipinski definition) is 1. The zero-order valence-corrected chi connectivity index (χ0v) is 21.5. The van der Waals surface area contributed by atoms with E-state index >= 15 is 0 Å². The van der Waals surface area contributed by atoms with Crippen molar-refractivity contribution in [3.63, 3.8) is 0 Å². The smallest absolute Gasteiger partial charge is 0.194 e. The van der Waals surface area contributed by atoms with Gasteiger partial charge >= 0.3 is 0 Å². The van der Waals surface area contributed by atoms with Crippen molar-refractivity contribution in [3.8, 4) is 0 Å². The Kier molecular flexibility index (Phi) is 9.11. The molecule has 0 saturated carbocycles. The number of pyridine rings is 1. The Morgan fingerprint density at radius 1 is 1.22 bits per heavy atom. The van der Waals surface area contributed by atoms with E-state index in [9.17, 15) is 0 Å².